The van der Waals surface area contributed by atoms with Crippen molar-refractivity contribution in [2.45, 2.75) is 39.8 Å². The molecule has 0 saturated heterocycles. The molecule has 3 rings (SSSR count). The highest BCUT2D eigenvalue weighted by Gasteiger charge is 2.25. The van der Waals surface area contributed by atoms with Crippen LogP contribution in [0.5, 0.6) is 11.5 Å². The predicted molar refractivity (Wildman–Crippen MR) is 140 cm³/mol. The van der Waals surface area contributed by atoms with Gasteiger partial charge in [-0.3, -0.25) is 9.59 Å². The van der Waals surface area contributed by atoms with Crippen LogP contribution >= 0.6 is 11.3 Å². The molecule has 0 aliphatic carbocycles. The van der Waals surface area contributed by atoms with Gasteiger partial charge < -0.3 is 19.3 Å². The Bertz CT molecular complexity index is 1130. The van der Waals surface area contributed by atoms with Crippen molar-refractivity contribution < 1.29 is 19.1 Å². The fraction of sp³-hybridized carbons (Fsp3) is 0.357. The fourth-order valence-electron chi connectivity index (χ4n) is 3.88. The molecule has 0 radical (unpaired) electrons. The molecule has 6 nitrogen and oxygen atoms in total. The van der Waals surface area contributed by atoms with Gasteiger partial charge in [0.25, 0.3) is 5.91 Å². The summed E-state index contributed by atoms with van der Waals surface area (Å²) in [4.78, 5) is 31.5. The van der Waals surface area contributed by atoms with E-state index in [-0.39, 0.29) is 24.4 Å². The number of hydrogen-bond donors (Lipinski definition) is 0. The fourth-order valence-corrected chi connectivity index (χ4v) is 4.60. The maximum atomic E-state index is 13.5. The summed E-state index contributed by atoms with van der Waals surface area (Å²) in [6.07, 6.45) is 0.658. The Morgan fingerprint density at radius 2 is 1.71 bits per heavy atom. The number of nitrogens with zero attached hydrogens (tertiary/aromatic N) is 2. The number of methoxy groups -OCH3 is 2. The summed E-state index contributed by atoms with van der Waals surface area (Å²) < 4.78 is 10.8. The van der Waals surface area contributed by atoms with Gasteiger partial charge in [-0.2, -0.15) is 0 Å². The van der Waals surface area contributed by atoms with Gasteiger partial charge in [-0.1, -0.05) is 30.3 Å². The van der Waals surface area contributed by atoms with Gasteiger partial charge in [-0.05, 0) is 68.0 Å². The zero-order valence-corrected chi connectivity index (χ0v) is 21.9. The van der Waals surface area contributed by atoms with Gasteiger partial charge in [-0.15, -0.1) is 11.3 Å². The lowest BCUT2D eigenvalue weighted by atomic mass is 10.1. The minimum atomic E-state index is -0.123. The minimum Gasteiger partial charge on any atom is -0.493 e. The lowest BCUT2D eigenvalue weighted by Gasteiger charge is -2.30. The summed E-state index contributed by atoms with van der Waals surface area (Å²) in [5, 5.41) is 2.01. The molecular weight excluding hydrogens is 460 g/mol. The number of hydrogen-bond acceptors (Lipinski definition) is 5. The van der Waals surface area contributed by atoms with Gasteiger partial charge in [0, 0.05) is 23.0 Å². The third-order valence-corrected chi connectivity index (χ3v) is 6.82. The van der Waals surface area contributed by atoms with E-state index in [4.69, 9.17) is 9.47 Å². The van der Waals surface area contributed by atoms with E-state index in [0.29, 0.717) is 36.6 Å². The molecule has 2 amide bonds. The Balaban J connectivity index is 1.78. The molecule has 0 aliphatic heterocycles. The SMILES string of the molecule is COc1ccc(CCN(Cc2cccs2)C(=O)CN(C(=O)c2ccccc2C)C(C)C)cc1OC. The molecule has 0 saturated carbocycles. The molecule has 3 aromatic rings. The molecule has 0 spiro atoms. The largest absolute Gasteiger partial charge is 0.493 e. The molecule has 7 heteroatoms. The van der Waals surface area contributed by atoms with Crippen LogP contribution in [0.4, 0.5) is 0 Å². The number of amides is 2. The summed E-state index contributed by atoms with van der Waals surface area (Å²) in [6, 6.07) is 17.2. The molecule has 0 aliphatic rings. The first-order valence-electron chi connectivity index (χ1n) is 11.7. The lowest BCUT2D eigenvalue weighted by Crippen LogP contribution is -2.46. The highest BCUT2D eigenvalue weighted by Crippen LogP contribution is 2.28. The second kappa shape index (κ2) is 12.4. The van der Waals surface area contributed by atoms with Crippen molar-refractivity contribution in [2.75, 3.05) is 27.3 Å². The predicted octanol–water partition coefficient (Wildman–Crippen LogP) is 5.20. The number of ether oxygens (including phenoxy) is 2. The molecule has 1 heterocycles. The number of thiophene rings is 1. The second-order valence-electron chi connectivity index (χ2n) is 8.68. The van der Waals surface area contributed by atoms with E-state index < -0.39 is 0 Å². The molecule has 0 N–H and O–H groups in total. The third kappa shape index (κ3) is 6.85. The Morgan fingerprint density at radius 1 is 0.971 bits per heavy atom. The average molecular weight is 495 g/mol. The first-order chi connectivity index (χ1) is 16.8. The maximum Gasteiger partial charge on any atom is 0.254 e. The van der Waals surface area contributed by atoms with E-state index in [1.54, 1.807) is 30.5 Å². The van der Waals surface area contributed by atoms with E-state index in [1.165, 1.54) is 0 Å². The number of carbonyl (C=O) groups excluding carboxylic acids is 2. The van der Waals surface area contributed by atoms with Gasteiger partial charge in [0.2, 0.25) is 5.91 Å². The maximum absolute atomic E-state index is 13.5. The quantitative estimate of drug-likeness (QED) is 0.368. The molecule has 35 heavy (non-hydrogen) atoms. The summed E-state index contributed by atoms with van der Waals surface area (Å²) >= 11 is 1.62. The topological polar surface area (TPSA) is 59.1 Å². The molecule has 0 fully saturated rings. The standard InChI is InChI=1S/C28H34N2O4S/c1-20(2)30(28(32)24-11-7-6-9-21(24)3)19-27(31)29(18-23-10-8-16-35-23)15-14-22-12-13-25(33-4)26(17-22)34-5/h6-13,16-17,20H,14-15,18-19H2,1-5H3. The van der Waals surface area contributed by atoms with E-state index in [2.05, 4.69) is 0 Å². The van der Waals surface area contributed by atoms with Crippen molar-refractivity contribution in [1.82, 2.24) is 9.80 Å². The third-order valence-electron chi connectivity index (χ3n) is 5.96. The van der Waals surface area contributed by atoms with Gasteiger partial charge in [0.1, 0.15) is 6.54 Å². The van der Waals surface area contributed by atoms with Gasteiger partial charge in [0.15, 0.2) is 11.5 Å². The molecular formula is C28H34N2O4S. The summed E-state index contributed by atoms with van der Waals surface area (Å²) in [6.45, 7) is 6.86. The monoisotopic (exact) mass is 494 g/mol. The van der Waals surface area contributed by atoms with Crippen LogP contribution < -0.4 is 9.47 Å². The normalized spacial score (nSPS) is 10.8. The number of aryl methyl sites for hydroxylation is 1. The number of benzene rings is 2. The van der Waals surface area contributed by atoms with Gasteiger partial charge in [-0.25, -0.2) is 0 Å². The molecule has 1 aromatic heterocycles. The van der Waals surface area contributed by atoms with Crippen LogP contribution in [0.3, 0.4) is 0 Å². The highest BCUT2D eigenvalue weighted by atomic mass is 32.1. The van der Waals surface area contributed by atoms with Gasteiger partial charge >= 0.3 is 0 Å². The van der Waals surface area contributed by atoms with E-state index in [9.17, 15) is 9.59 Å². The Labute approximate surface area is 212 Å². The lowest BCUT2D eigenvalue weighted by molar-refractivity contribution is -0.132. The van der Waals surface area contributed by atoms with E-state index in [0.717, 1.165) is 16.0 Å². The van der Waals surface area contributed by atoms with Crippen LogP contribution in [0.25, 0.3) is 0 Å². The molecule has 0 bridgehead atoms. The zero-order valence-electron chi connectivity index (χ0n) is 21.1. The molecule has 2 aromatic carbocycles. The number of rotatable bonds is 11. The van der Waals surface area contributed by atoms with Crippen molar-refractivity contribution >= 4 is 23.2 Å². The molecule has 0 unspecified atom stereocenters. The van der Waals surface area contributed by atoms with Crippen molar-refractivity contribution in [3.8, 4) is 11.5 Å². The Kier molecular flexibility index (Phi) is 9.32. The Morgan fingerprint density at radius 3 is 2.34 bits per heavy atom. The second-order valence-corrected chi connectivity index (χ2v) is 9.71. The number of carbonyl (C=O) groups is 2. The smallest absolute Gasteiger partial charge is 0.254 e. The molecule has 0 atom stereocenters. The van der Waals surface area contributed by atoms with Crippen molar-refractivity contribution in [3.63, 3.8) is 0 Å². The minimum absolute atomic E-state index is 0.0299. The summed E-state index contributed by atoms with van der Waals surface area (Å²) in [7, 11) is 3.22. The van der Waals surface area contributed by atoms with Crippen LogP contribution in [-0.4, -0.2) is 55.0 Å². The van der Waals surface area contributed by atoms with Crippen molar-refractivity contribution in [1.29, 1.82) is 0 Å². The van der Waals surface area contributed by atoms with Crippen LogP contribution in [0, 0.1) is 6.92 Å². The van der Waals surface area contributed by atoms with Crippen LogP contribution in [0.15, 0.2) is 60.0 Å². The summed E-state index contributed by atoms with van der Waals surface area (Å²) in [5.74, 6) is 1.14. The van der Waals surface area contributed by atoms with Crippen LogP contribution in [0.1, 0.15) is 40.2 Å². The summed E-state index contributed by atoms with van der Waals surface area (Å²) in [5.41, 5.74) is 2.58. The van der Waals surface area contributed by atoms with E-state index >= 15 is 0 Å². The van der Waals surface area contributed by atoms with Gasteiger partial charge in [0.05, 0.1) is 20.8 Å². The van der Waals surface area contributed by atoms with Crippen molar-refractivity contribution in [2.24, 2.45) is 0 Å². The van der Waals surface area contributed by atoms with Crippen molar-refractivity contribution in [3.05, 3.63) is 81.5 Å². The first kappa shape index (κ1) is 26.3. The van der Waals surface area contributed by atoms with E-state index in [1.807, 2.05) is 85.6 Å². The molecule has 186 valence electrons. The zero-order chi connectivity index (χ0) is 25.4. The average Bonchev–Trinajstić information content (AvgIpc) is 3.37. The highest BCUT2D eigenvalue weighted by molar-refractivity contribution is 7.09. The Hall–Kier alpha value is -3.32. The van der Waals surface area contributed by atoms with Crippen LogP contribution in [-0.2, 0) is 17.8 Å². The van der Waals surface area contributed by atoms with Crippen LogP contribution in [0.2, 0.25) is 0 Å². The first-order valence-corrected chi connectivity index (χ1v) is 12.6.